The molecule has 0 bridgehead atoms. The molecule has 0 radical (unpaired) electrons. The lowest BCUT2D eigenvalue weighted by Gasteiger charge is -2.32. The van der Waals surface area contributed by atoms with Gasteiger partial charge in [-0.1, -0.05) is 39.5 Å². The molecule has 0 amide bonds. The summed E-state index contributed by atoms with van der Waals surface area (Å²) in [6.45, 7) is 4.37. The number of carboxylic acids is 1. The molecule has 0 aliphatic heterocycles. The van der Waals surface area contributed by atoms with E-state index < -0.39 is 11.5 Å². The molecule has 0 aromatic rings. The molecule has 2 rings (SSSR count). The summed E-state index contributed by atoms with van der Waals surface area (Å²) in [7, 11) is 0. The number of rotatable bonds is 3. The van der Waals surface area contributed by atoms with Crippen molar-refractivity contribution in [2.24, 2.45) is 5.41 Å². The third-order valence-electron chi connectivity index (χ3n) is 4.75. The number of hydrogen-bond donors (Lipinski definition) is 2. The first kappa shape index (κ1) is 13.9. The molecular weight excluding hydrogens is 226 g/mol. The van der Waals surface area contributed by atoms with Gasteiger partial charge in [0, 0.05) is 6.04 Å². The molecule has 0 aromatic carbocycles. The van der Waals surface area contributed by atoms with Gasteiger partial charge in [0.25, 0.3) is 0 Å². The molecule has 2 saturated carbocycles. The van der Waals surface area contributed by atoms with E-state index in [2.05, 4.69) is 19.2 Å². The van der Waals surface area contributed by atoms with Gasteiger partial charge >= 0.3 is 5.97 Å². The van der Waals surface area contributed by atoms with Gasteiger partial charge in [-0.3, -0.25) is 10.1 Å². The van der Waals surface area contributed by atoms with E-state index in [1.54, 1.807) is 0 Å². The van der Waals surface area contributed by atoms with Crippen LogP contribution in [0, 0.1) is 5.41 Å². The van der Waals surface area contributed by atoms with Crippen LogP contribution in [0.3, 0.4) is 0 Å². The molecule has 1 unspecified atom stereocenters. The van der Waals surface area contributed by atoms with Gasteiger partial charge in [-0.2, -0.15) is 0 Å². The summed E-state index contributed by atoms with van der Waals surface area (Å²) in [5.41, 5.74) is -0.491. The van der Waals surface area contributed by atoms with Crippen molar-refractivity contribution in [1.82, 2.24) is 5.32 Å². The molecule has 2 N–H and O–H groups in total. The van der Waals surface area contributed by atoms with Crippen molar-refractivity contribution in [2.75, 3.05) is 0 Å². The maximum absolute atomic E-state index is 11.7. The lowest BCUT2D eigenvalue weighted by Crippen LogP contribution is -2.54. The van der Waals surface area contributed by atoms with Gasteiger partial charge in [0.2, 0.25) is 0 Å². The predicted molar refractivity (Wildman–Crippen MR) is 72.6 cm³/mol. The molecule has 0 spiro atoms. The molecular formula is C15H27NO2. The van der Waals surface area contributed by atoms with E-state index in [1.807, 2.05) is 0 Å². The number of hydrogen-bond acceptors (Lipinski definition) is 2. The Labute approximate surface area is 110 Å². The predicted octanol–water partition coefficient (Wildman–Crippen LogP) is 3.33. The van der Waals surface area contributed by atoms with Crippen LogP contribution in [0.1, 0.15) is 71.6 Å². The standard InChI is InChI=1S/C15H27NO2/c1-14(2)9-10-15(11-14,13(17)18)16-12-7-5-3-4-6-8-12/h12,16H,3-11H2,1-2H3,(H,17,18). The zero-order valence-corrected chi connectivity index (χ0v) is 11.8. The normalized spacial score (nSPS) is 33.2. The van der Waals surface area contributed by atoms with Crippen LogP contribution in [-0.4, -0.2) is 22.7 Å². The summed E-state index contributed by atoms with van der Waals surface area (Å²) in [6, 6.07) is 0.414. The first-order valence-corrected chi connectivity index (χ1v) is 7.45. The van der Waals surface area contributed by atoms with E-state index >= 15 is 0 Å². The second-order valence-corrected chi connectivity index (χ2v) is 7.06. The SMILES string of the molecule is CC1(C)CCC(NC2CCCCCC2)(C(=O)O)C1. The first-order valence-electron chi connectivity index (χ1n) is 7.45. The van der Waals surface area contributed by atoms with Gasteiger partial charge in [0.05, 0.1) is 0 Å². The Balaban J connectivity index is 2.04. The van der Waals surface area contributed by atoms with E-state index in [0.29, 0.717) is 6.04 Å². The minimum absolute atomic E-state index is 0.163. The molecule has 2 aliphatic rings. The van der Waals surface area contributed by atoms with Crippen molar-refractivity contribution in [3.05, 3.63) is 0 Å². The molecule has 18 heavy (non-hydrogen) atoms. The summed E-state index contributed by atoms with van der Waals surface area (Å²) < 4.78 is 0. The van der Waals surface area contributed by atoms with Gasteiger partial charge in [-0.15, -0.1) is 0 Å². The second-order valence-electron chi connectivity index (χ2n) is 7.06. The highest BCUT2D eigenvalue weighted by Crippen LogP contribution is 2.44. The van der Waals surface area contributed by atoms with E-state index in [1.165, 1.54) is 25.7 Å². The van der Waals surface area contributed by atoms with Crippen molar-refractivity contribution in [3.63, 3.8) is 0 Å². The third-order valence-corrected chi connectivity index (χ3v) is 4.75. The quantitative estimate of drug-likeness (QED) is 0.758. The van der Waals surface area contributed by atoms with Crippen LogP contribution in [0.15, 0.2) is 0 Å². The summed E-state index contributed by atoms with van der Waals surface area (Å²) in [6.07, 6.45) is 9.97. The Morgan fingerprint density at radius 2 is 1.72 bits per heavy atom. The Kier molecular flexibility index (Phi) is 4.00. The van der Waals surface area contributed by atoms with Gasteiger partial charge in [0.15, 0.2) is 0 Å². The first-order chi connectivity index (χ1) is 8.44. The molecule has 0 saturated heterocycles. The number of carbonyl (C=O) groups is 1. The Morgan fingerprint density at radius 1 is 1.11 bits per heavy atom. The van der Waals surface area contributed by atoms with E-state index in [4.69, 9.17) is 0 Å². The van der Waals surface area contributed by atoms with E-state index in [-0.39, 0.29) is 5.41 Å². The van der Waals surface area contributed by atoms with Crippen molar-refractivity contribution < 1.29 is 9.90 Å². The van der Waals surface area contributed by atoms with Gasteiger partial charge in [-0.05, 0) is 37.5 Å². The average molecular weight is 253 g/mol. The van der Waals surface area contributed by atoms with Gasteiger partial charge in [-0.25, -0.2) is 0 Å². The van der Waals surface area contributed by atoms with Crippen LogP contribution < -0.4 is 5.32 Å². The summed E-state index contributed by atoms with van der Waals surface area (Å²) >= 11 is 0. The minimum atomic E-state index is -0.654. The molecule has 0 heterocycles. The zero-order chi connectivity index (χ0) is 13.2. The van der Waals surface area contributed by atoms with Crippen LogP contribution >= 0.6 is 0 Å². The molecule has 3 heteroatoms. The lowest BCUT2D eigenvalue weighted by atomic mass is 9.87. The van der Waals surface area contributed by atoms with E-state index in [9.17, 15) is 9.90 Å². The minimum Gasteiger partial charge on any atom is -0.480 e. The van der Waals surface area contributed by atoms with Crippen LogP contribution in [0.25, 0.3) is 0 Å². The molecule has 1 atom stereocenters. The number of nitrogens with one attached hydrogen (secondary N) is 1. The fraction of sp³-hybridized carbons (Fsp3) is 0.933. The largest absolute Gasteiger partial charge is 0.480 e. The summed E-state index contributed by atoms with van der Waals surface area (Å²) in [5, 5.41) is 13.2. The van der Waals surface area contributed by atoms with Crippen LogP contribution in [0.4, 0.5) is 0 Å². The fourth-order valence-electron chi connectivity index (χ4n) is 3.73. The molecule has 0 aromatic heterocycles. The maximum Gasteiger partial charge on any atom is 0.323 e. The highest BCUT2D eigenvalue weighted by atomic mass is 16.4. The molecule has 2 fully saturated rings. The average Bonchev–Trinajstić information content (AvgIpc) is 2.49. The lowest BCUT2D eigenvalue weighted by molar-refractivity contribution is -0.145. The third kappa shape index (κ3) is 3.05. The monoisotopic (exact) mass is 253 g/mol. The van der Waals surface area contributed by atoms with Crippen molar-refractivity contribution in [1.29, 1.82) is 0 Å². The van der Waals surface area contributed by atoms with Crippen molar-refractivity contribution in [3.8, 4) is 0 Å². The summed E-state index contributed by atoms with van der Waals surface area (Å²) in [5.74, 6) is -0.641. The molecule has 3 nitrogen and oxygen atoms in total. The Hall–Kier alpha value is -0.570. The van der Waals surface area contributed by atoms with Crippen LogP contribution in [-0.2, 0) is 4.79 Å². The van der Waals surface area contributed by atoms with Crippen molar-refractivity contribution in [2.45, 2.75) is 83.2 Å². The van der Waals surface area contributed by atoms with Crippen molar-refractivity contribution >= 4 is 5.97 Å². The molecule has 2 aliphatic carbocycles. The van der Waals surface area contributed by atoms with Gasteiger partial charge in [0.1, 0.15) is 5.54 Å². The van der Waals surface area contributed by atoms with E-state index in [0.717, 1.165) is 32.1 Å². The summed E-state index contributed by atoms with van der Waals surface area (Å²) in [4.78, 5) is 11.7. The maximum atomic E-state index is 11.7. The smallest absolute Gasteiger partial charge is 0.323 e. The highest BCUT2D eigenvalue weighted by Gasteiger charge is 2.49. The zero-order valence-electron chi connectivity index (χ0n) is 11.8. The van der Waals surface area contributed by atoms with Gasteiger partial charge < -0.3 is 5.11 Å². The highest BCUT2D eigenvalue weighted by molar-refractivity contribution is 5.79. The number of carboxylic acid groups (broad SMARTS) is 1. The number of aliphatic carboxylic acids is 1. The fourth-order valence-corrected chi connectivity index (χ4v) is 3.73. The van der Waals surface area contributed by atoms with Crippen LogP contribution in [0.2, 0.25) is 0 Å². The second kappa shape index (κ2) is 5.20. The Morgan fingerprint density at radius 3 is 2.17 bits per heavy atom. The molecule has 104 valence electrons. The topological polar surface area (TPSA) is 49.3 Å². The van der Waals surface area contributed by atoms with Crippen LogP contribution in [0.5, 0.6) is 0 Å². The Bertz CT molecular complexity index is 306.